The second-order valence-electron chi connectivity index (χ2n) is 9.63. The van der Waals surface area contributed by atoms with Gasteiger partial charge in [-0.2, -0.15) is 5.10 Å². The summed E-state index contributed by atoms with van der Waals surface area (Å²) in [5.41, 5.74) is 2.49. The number of hydrogen-bond acceptors (Lipinski definition) is 6. The minimum Gasteiger partial charge on any atom is -0.497 e. The third-order valence-corrected chi connectivity index (χ3v) is 7.10. The highest BCUT2D eigenvalue weighted by molar-refractivity contribution is 6.34. The summed E-state index contributed by atoms with van der Waals surface area (Å²) >= 11 is 6.47. The minimum atomic E-state index is -0.306. The third-order valence-electron chi connectivity index (χ3n) is 6.77. The zero-order valence-electron chi connectivity index (χ0n) is 21.7. The molecule has 0 aromatic heterocycles. The number of nitrogens with zero attached hydrogens (tertiary/aromatic N) is 4. The molecule has 2 aliphatic heterocycles. The van der Waals surface area contributed by atoms with E-state index in [1.54, 1.807) is 12.0 Å². The lowest BCUT2D eigenvalue weighted by Crippen LogP contribution is -2.47. The number of rotatable bonds is 9. The molecule has 2 amide bonds. The zero-order chi connectivity index (χ0) is 26.4. The largest absolute Gasteiger partial charge is 0.497 e. The molecule has 8 nitrogen and oxygen atoms in total. The highest BCUT2D eigenvalue weighted by Gasteiger charge is 2.35. The van der Waals surface area contributed by atoms with Crippen molar-refractivity contribution in [2.75, 3.05) is 53.0 Å². The van der Waals surface area contributed by atoms with Crippen LogP contribution in [0.25, 0.3) is 0 Å². The van der Waals surface area contributed by atoms with Crippen LogP contribution in [-0.4, -0.2) is 85.4 Å². The molecule has 0 N–H and O–H groups in total. The highest BCUT2D eigenvalue weighted by Crippen LogP contribution is 2.35. The summed E-state index contributed by atoms with van der Waals surface area (Å²) in [5, 5.41) is 6.86. The molecule has 9 heteroatoms. The first-order valence-electron chi connectivity index (χ1n) is 12.7. The molecule has 2 aromatic rings. The Kier molecular flexibility index (Phi) is 9.18. The van der Waals surface area contributed by atoms with Gasteiger partial charge in [-0.3, -0.25) is 14.5 Å². The fraction of sp³-hybridized carbons (Fsp3) is 0.464. The number of carbonyl (C=O) groups is 2. The lowest BCUT2D eigenvalue weighted by atomic mass is 9.98. The maximum Gasteiger partial charge on any atom is 0.262 e. The molecule has 1 atom stereocenters. The monoisotopic (exact) mass is 526 g/mol. The molecular formula is C28H35ClN4O4. The topological polar surface area (TPSA) is 74.7 Å². The molecular weight excluding hydrogens is 492 g/mol. The molecule has 2 aromatic carbocycles. The number of amides is 2. The van der Waals surface area contributed by atoms with Gasteiger partial charge >= 0.3 is 0 Å². The van der Waals surface area contributed by atoms with Crippen LogP contribution in [0.1, 0.15) is 37.4 Å². The summed E-state index contributed by atoms with van der Waals surface area (Å²) < 4.78 is 10.7. The standard InChI is InChI=1S/C28H35ClN4O4/c1-20(2)28(35)32(13-12-31-14-16-37-17-15-31)19-27(34)33-26(21-8-10-22(36-3)11-9-21)18-25(30-33)23-6-4-5-7-24(23)29/h4-11,20,26H,12-19H2,1-3H3/t26-/m1/s1. The number of hydrogen-bond donors (Lipinski definition) is 0. The molecule has 0 radical (unpaired) electrons. The van der Waals surface area contributed by atoms with E-state index < -0.39 is 0 Å². The van der Waals surface area contributed by atoms with Crippen LogP contribution >= 0.6 is 11.6 Å². The van der Waals surface area contributed by atoms with Crippen molar-refractivity contribution in [3.8, 4) is 5.75 Å². The van der Waals surface area contributed by atoms with Gasteiger partial charge in [-0.05, 0) is 23.8 Å². The predicted molar refractivity (Wildman–Crippen MR) is 144 cm³/mol. The van der Waals surface area contributed by atoms with Gasteiger partial charge in [-0.15, -0.1) is 0 Å². The molecule has 1 saturated heterocycles. The number of methoxy groups -OCH3 is 1. The molecule has 2 aliphatic rings. The summed E-state index contributed by atoms with van der Waals surface area (Å²) in [7, 11) is 1.62. The quantitative estimate of drug-likeness (QED) is 0.496. The summed E-state index contributed by atoms with van der Waals surface area (Å²) in [6, 6.07) is 14.9. The molecule has 0 aliphatic carbocycles. The number of ether oxygens (including phenoxy) is 2. The van der Waals surface area contributed by atoms with E-state index in [1.165, 1.54) is 5.01 Å². The fourth-order valence-corrected chi connectivity index (χ4v) is 4.88. The van der Waals surface area contributed by atoms with Crippen LogP contribution in [-0.2, 0) is 14.3 Å². The summed E-state index contributed by atoms with van der Waals surface area (Å²) in [6.07, 6.45) is 0.522. The van der Waals surface area contributed by atoms with Gasteiger partial charge < -0.3 is 14.4 Å². The number of benzene rings is 2. The number of carbonyl (C=O) groups excluding carboxylic acids is 2. The summed E-state index contributed by atoms with van der Waals surface area (Å²) in [4.78, 5) is 30.7. The van der Waals surface area contributed by atoms with Crippen molar-refractivity contribution in [3.63, 3.8) is 0 Å². The molecule has 37 heavy (non-hydrogen) atoms. The Morgan fingerprint density at radius 2 is 1.84 bits per heavy atom. The molecule has 1 fully saturated rings. The lowest BCUT2D eigenvalue weighted by molar-refractivity contribution is -0.143. The summed E-state index contributed by atoms with van der Waals surface area (Å²) in [5.74, 6) is 0.260. The van der Waals surface area contributed by atoms with E-state index in [0.717, 1.165) is 35.7 Å². The smallest absolute Gasteiger partial charge is 0.262 e. The van der Waals surface area contributed by atoms with Crippen LogP contribution in [0.15, 0.2) is 53.6 Å². The Labute approximate surface area is 223 Å². The normalized spacial score (nSPS) is 18.1. The van der Waals surface area contributed by atoms with E-state index in [-0.39, 0.29) is 30.3 Å². The Morgan fingerprint density at radius 3 is 2.49 bits per heavy atom. The number of hydrazone groups is 1. The van der Waals surface area contributed by atoms with Crippen LogP contribution in [0.3, 0.4) is 0 Å². The van der Waals surface area contributed by atoms with Gasteiger partial charge in [-0.1, -0.05) is 55.8 Å². The van der Waals surface area contributed by atoms with E-state index in [0.29, 0.717) is 37.7 Å². The van der Waals surface area contributed by atoms with E-state index >= 15 is 0 Å². The van der Waals surface area contributed by atoms with Crippen LogP contribution in [0.2, 0.25) is 5.02 Å². The van der Waals surface area contributed by atoms with Crippen LogP contribution in [0, 0.1) is 5.92 Å². The molecule has 0 unspecified atom stereocenters. The third kappa shape index (κ3) is 6.69. The van der Waals surface area contributed by atoms with Gasteiger partial charge in [0.15, 0.2) is 0 Å². The van der Waals surface area contributed by atoms with E-state index in [1.807, 2.05) is 62.4 Å². The van der Waals surface area contributed by atoms with Crippen LogP contribution in [0.5, 0.6) is 5.75 Å². The van der Waals surface area contributed by atoms with Gasteiger partial charge in [-0.25, -0.2) is 5.01 Å². The minimum absolute atomic E-state index is 0.0344. The van der Waals surface area contributed by atoms with E-state index in [9.17, 15) is 9.59 Å². The maximum absolute atomic E-state index is 13.7. The predicted octanol–water partition coefficient (Wildman–Crippen LogP) is 3.84. The average Bonchev–Trinajstić information content (AvgIpc) is 3.37. The van der Waals surface area contributed by atoms with Crippen molar-refractivity contribution < 1.29 is 19.1 Å². The van der Waals surface area contributed by atoms with Crippen molar-refractivity contribution >= 4 is 29.1 Å². The van der Waals surface area contributed by atoms with Crippen LogP contribution < -0.4 is 4.74 Å². The first-order chi connectivity index (χ1) is 17.9. The first-order valence-corrected chi connectivity index (χ1v) is 13.1. The van der Waals surface area contributed by atoms with Crippen molar-refractivity contribution in [2.24, 2.45) is 11.0 Å². The molecule has 198 valence electrons. The molecule has 0 spiro atoms. The SMILES string of the molecule is COc1ccc([C@H]2CC(c3ccccc3Cl)=NN2C(=O)CN(CCN2CCOCC2)C(=O)C(C)C)cc1. The number of morpholine rings is 1. The van der Waals surface area contributed by atoms with Gasteiger partial charge in [0.25, 0.3) is 5.91 Å². The lowest BCUT2D eigenvalue weighted by Gasteiger charge is -2.31. The van der Waals surface area contributed by atoms with Crippen molar-refractivity contribution in [2.45, 2.75) is 26.3 Å². The zero-order valence-corrected chi connectivity index (χ0v) is 22.5. The first kappa shape index (κ1) is 27.1. The highest BCUT2D eigenvalue weighted by atomic mass is 35.5. The van der Waals surface area contributed by atoms with Gasteiger partial charge in [0.2, 0.25) is 5.91 Å². The van der Waals surface area contributed by atoms with E-state index in [4.69, 9.17) is 26.2 Å². The fourth-order valence-electron chi connectivity index (χ4n) is 4.64. The molecule has 0 bridgehead atoms. The Morgan fingerprint density at radius 1 is 1.14 bits per heavy atom. The maximum atomic E-state index is 13.7. The Balaban J connectivity index is 1.57. The van der Waals surface area contributed by atoms with E-state index in [2.05, 4.69) is 4.90 Å². The molecule has 2 heterocycles. The Bertz CT molecular complexity index is 1120. The van der Waals surface area contributed by atoms with Gasteiger partial charge in [0, 0.05) is 49.1 Å². The Hall–Kier alpha value is -2.94. The van der Waals surface area contributed by atoms with Crippen molar-refractivity contribution in [1.29, 1.82) is 0 Å². The van der Waals surface area contributed by atoms with Crippen LogP contribution in [0.4, 0.5) is 0 Å². The number of halogens is 1. The molecule has 4 rings (SSSR count). The van der Waals surface area contributed by atoms with Gasteiger partial charge in [0.05, 0.1) is 32.1 Å². The van der Waals surface area contributed by atoms with Crippen molar-refractivity contribution in [1.82, 2.24) is 14.8 Å². The van der Waals surface area contributed by atoms with Gasteiger partial charge in [0.1, 0.15) is 12.3 Å². The van der Waals surface area contributed by atoms with Crippen molar-refractivity contribution in [3.05, 3.63) is 64.7 Å². The second-order valence-corrected chi connectivity index (χ2v) is 10.0. The average molecular weight is 527 g/mol. The summed E-state index contributed by atoms with van der Waals surface area (Å²) in [6.45, 7) is 7.89. The molecule has 0 saturated carbocycles. The second kappa shape index (κ2) is 12.5.